The molecular weight excluding hydrogens is 408 g/mol. The van der Waals surface area contributed by atoms with Crippen molar-refractivity contribution in [3.8, 4) is 0 Å². The van der Waals surface area contributed by atoms with Gasteiger partial charge in [0, 0.05) is 13.1 Å². The van der Waals surface area contributed by atoms with Crippen LogP contribution >= 0.6 is 22.9 Å². The van der Waals surface area contributed by atoms with E-state index < -0.39 is 0 Å². The summed E-state index contributed by atoms with van der Waals surface area (Å²) in [4.78, 5) is 18.9. The van der Waals surface area contributed by atoms with Crippen LogP contribution in [0, 0.1) is 5.92 Å². The Bertz CT molecular complexity index is 984. The SMILES string of the molecule is CCOC(=O)c1ccc2nc(CCC3CCN(c4ccc(Cl)nn4)CC3)sc2c1. The molecule has 2 aromatic heterocycles. The zero-order chi connectivity index (χ0) is 20.2. The third kappa shape index (κ3) is 4.85. The third-order valence-electron chi connectivity index (χ3n) is 5.27. The first-order valence-electron chi connectivity index (χ1n) is 9.93. The summed E-state index contributed by atoms with van der Waals surface area (Å²) in [5, 5.41) is 9.67. The van der Waals surface area contributed by atoms with E-state index in [2.05, 4.69) is 15.1 Å². The van der Waals surface area contributed by atoms with Gasteiger partial charge < -0.3 is 9.64 Å². The van der Waals surface area contributed by atoms with E-state index in [0.29, 0.717) is 23.2 Å². The van der Waals surface area contributed by atoms with Crippen LogP contribution in [0.25, 0.3) is 10.2 Å². The molecule has 0 aliphatic carbocycles. The highest BCUT2D eigenvalue weighted by Gasteiger charge is 2.21. The summed E-state index contributed by atoms with van der Waals surface area (Å²) in [6.07, 6.45) is 4.38. The molecule has 0 saturated carbocycles. The van der Waals surface area contributed by atoms with Gasteiger partial charge in [-0.05, 0) is 68.9 Å². The Labute approximate surface area is 178 Å². The molecule has 0 radical (unpaired) electrons. The molecule has 3 aromatic rings. The summed E-state index contributed by atoms with van der Waals surface area (Å²) < 4.78 is 6.13. The topological polar surface area (TPSA) is 68.2 Å². The Balaban J connectivity index is 1.32. The van der Waals surface area contributed by atoms with Crippen molar-refractivity contribution >= 4 is 44.9 Å². The number of carbonyl (C=O) groups excluding carboxylic acids is 1. The molecular formula is C21H23ClN4O2S. The fourth-order valence-electron chi connectivity index (χ4n) is 3.68. The monoisotopic (exact) mass is 430 g/mol. The smallest absolute Gasteiger partial charge is 0.338 e. The first-order chi connectivity index (χ1) is 14.1. The maximum absolute atomic E-state index is 11.9. The van der Waals surface area contributed by atoms with Crippen LogP contribution in [0.4, 0.5) is 5.82 Å². The minimum absolute atomic E-state index is 0.276. The van der Waals surface area contributed by atoms with E-state index in [0.717, 1.165) is 59.8 Å². The predicted octanol–water partition coefficient (Wildman–Crippen LogP) is 4.77. The lowest BCUT2D eigenvalue weighted by Gasteiger charge is -2.32. The molecule has 0 amide bonds. The molecule has 1 saturated heterocycles. The molecule has 0 spiro atoms. The molecule has 1 aromatic carbocycles. The molecule has 6 nitrogen and oxygen atoms in total. The van der Waals surface area contributed by atoms with Crippen molar-refractivity contribution in [1.82, 2.24) is 15.2 Å². The van der Waals surface area contributed by atoms with Gasteiger partial charge in [-0.25, -0.2) is 9.78 Å². The standard InChI is InChI=1S/C21H23ClN4O2S/c1-2-28-21(27)15-4-5-16-17(13-15)29-20(23-16)8-3-14-9-11-26(12-10-14)19-7-6-18(22)24-25-19/h4-7,13-14H,2-3,8-12H2,1H3. The lowest BCUT2D eigenvalue weighted by molar-refractivity contribution is 0.0526. The molecule has 4 rings (SSSR count). The molecule has 0 bridgehead atoms. The number of rotatable bonds is 6. The molecule has 1 aliphatic rings. The summed E-state index contributed by atoms with van der Waals surface area (Å²) >= 11 is 7.49. The number of aryl methyl sites for hydroxylation is 1. The van der Waals surface area contributed by atoms with Gasteiger partial charge in [0.2, 0.25) is 0 Å². The Morgan fingerprint density at radius 1 is 1.24 bits per heavy atom. The zero-order valence-corrected chi connectivity index (χ0v) is 17.9. The van der Waals surface area contributed by atoms with E-state index in [1.165, 1.54) is 0 Å². The van der Waals surface area contributed by atoms with Gasteiger partial charge in [0.15, 0.2) is 11.0 Å². The average molecular weight is 431 g/mol. The van der Waals surface area contributed by atoms with Gasteiger partial charge in [-0.2, -0.15) is 0 Å². The Morgan fingerprint density at radius 3 is 2.79 bits per heavy atom. The number of halogens is 1. The van der Waals surface area contributed by atoms with Gasteiger partial charge in [-0.1, -0.05) is 11.6 Å². The molecule has 1 fully saturated rings. The van der Waals surface area contributed by atoms with Gasteiger partial charge >= 0.3 is 5.97 Å². The van der Waals surface area contributed by atoms with Crippen molar-refractivity contribution in [3.63, 3.8) is 0 Å². The average Bonchev–Trinajstić information content (AvgIpc) is 3.15. The highest BCUT2D eigenvalue weighted by Crippen LogP contribution is 2.28. The molecule has 3 heterocycles. The second-order valence-electron chi connectivity index (χ2n) is 7.19. The van der Waals surface area contributed by atoms with E-state index in [1.54, 1.807) is 23.5 Å². The maximum atomic E-state index is 11.9. The number of esters is 1. The van der Waals surface area contributed by atoms with Gasteiger partial charge in [0.05, 0.1) is 27.4 Å². The first-order valence-corrected chi connectivity index (χ1v) is 11.1. The summed E-state index contributed by atoms with van der Waals surface area (Å²) in [5.74, 6) is 1.31. The molecule has 0 atom stereocenters. The van der Waals surface area contributed by atoms with Gasteiger partial charge in [-0.3, -0.25) is 0 Å². The largest absolute Gasteiger partial charge is 0.462 e. The minimum atomic E-state index is -0.276. The van der Waals surface area contributed by atoms with Crippen molar-refractivity contribution in [2.45, 2.75) is 32.6 Å². The van der Waals surface area contributed by atoms with Crippen LogP contribution in [-0.2, 0) is 11.2 Å². The van der Waals surface area contributed by atoms with Gasteiger partial charge in [-0.15, -0.1) is 21.5 Å². The van der Waals surface area contributed by atoms with Crippen molar-refractivity contribution in [3.05, 3.63) is 46.1 Å². The highest BCUT2D eigenvalue weighted by atomic mass is 35.5. The van der Waals surface area contributed by atoms with E-state index >= 15 is 0 Å². The zero-order valence-electron chi connectivity index (χ0n) is 16.3. The fourth-order valence-corrected chi connectivity index (χ4v) is 4.80. The predicted molar refractivity (Wildman–Crippen MR) is 116 cm³/mol. The van der Waals surface area contributed by atoms with Crippen LogP contribution in [0.15, 0.2) is 30.3 Å². The first kappa shape index (κ1) is 20.0. The summed E-state index contributed by atoms with van der Waals surface area (Å²) in [6, 6.07) is 9.31. The van der Waals surface area contributed by atoms with E-state index in [4.69, 9.17) is 21.3 Å². The molecule has 0 N–H and O–H groups in total. The number of nitrogens with zero attached hydrogens (tertiary/aromatic N) is 4. The number of aromatic nitrogens is 3. The Hall–Kier alpha value is -2.25. The van der Waals surface area contributed by atoms with Crippen LogP contribution in [0.2, 0.25) is 5.15 Å². The summed E-state index contributed by atoms with van der Waals surface area (Å²) in [6.45, 7) is 4.18. The number of benzene rings is 1. The Morgan fingerprint density at radius 2 is 2.07 bits per heavy atom. The summed E-state index contributed by atoms with van der Waals surface area (Å²) in [5.41, 5.74) is 1.54. The second kappa shape index (κ2) is 9.05. The Kier molecular flexibility index (Phi) is 6.25. The van der Waals surface area contributed by atoms with Crippen LogP contribution in [-0.4, -0.2) is 40.8 Å². The number of carbonyl (C=O) groups is 1. The van der Waals surface area contributed by atoms with Crippen LogP contribution in [0.5, 0.6) is 0 Å². The van der Waals surface area contributed by atoms with Gasteiger partial charge in [0.25, 0.3) is 0 Å². The number of ether oxygens (including phenoxy) is 1. The lowest BCUT2D eigenvalue weighted by atomic mass is 9.92. The second-order valence-corrected chi connectivity index (χ2v) is 8.70. The number of fused-ring (bicyclic) bond motifs is 1. The highest BCUT2D eigenvalue weighted by molar-refractivity contribution is 7.18. The van der Waals surface area contributed by atoms with Gasteiger partial charge in [0.1, 0.15) is 0 Å². The lowest BCUT2D eigenvalue weighted by Crippen LogP contribution is -2.34. The van der Waals surface area contributed by atoms with E-state index in [1.807, 2.05) is 25.1 Å². The fraction of sp³-hybridized carbons (Fsp3) is 0.429. The van der Waals surface area contributed by atoms with Crippen LogP contribution < -0.4 is 4.90 Å². The number of hydrogen-bond acceptors (Lipinski definition) is 7. The normalized spacial score (nSPS) is 15.0. The number of hydrogen-bond donors (Lipinski definition) is 0. The number of anilines is 1. The van der Waals surface area contributed by atoms with Crippen molar-refractivity contribution < 1.29 is 9.53 Å². The van der Waals surface area contributed by atoms with Crippen molar-refractivity contribution in [2.24, 2.45) is 5.92 Å². The number of piperidine rings is 1. The van der Waals surface area contributed by atoms with Crippen LogP contribution in [0.1, 0.15) is 41.6 Å². The molecule has 29 heavy (non-hydrogen) atoms. The van der Waals surface area contributed by atoms with E-state index in [-0.39, 0.29) is 5.97 Å². The summed E-state index contributed by atoms with van der Waals surface area (Å²) in [7, 11) is 0. The van der Waals surface area contributed by atoms with Crippen molar-refractivity contribution in [1.29, 1.82) is 0 Å². The molecule has 152 valence electrons. The maximum Gasteiger partial charge on any atom is 0.338 e. The third-order valence-corrected chi connectivity index (χ3v) is 6.55. The van der Waals surface area contributed by atoms with E-state index in [9.17, 15) is 4.79 Å². The van der Waals surface area contributed by atoms with Crippen molar-refractivity contribution in [2.75, 3.05) is 24.6 Å². The molecule has 8 heteroatoms. The molecule has 1 aliphatic heterocycles. The van der Waals surface area contributed by atoms with Crippen LogP contribution in [0.3, 0.4) is 0 Å². The minimum Gasteiger partial charge on any atom is -0.462 e. The quantitative estimate of drug-likeness (QED) is 0.525. The number of thiazole rings is 1. The molecule has 0 unspecified atom stereocenters.